The molecule has 2 atom stereocenters. The molecule has 0 spiro atoms. The molecule has 0 amide bonds. The van der Waals surface area contributed by atoms with Crippen molar-refractivity contribution in [2.24, 2.45) is 0 Å². The molecule has 3 N–H and O–H groups in total. The number of aromatic nitrogens is 2. The van der Waals surface area contributed by atoms with Gasteiger partial charge in [-0.05, 0) is 43.3 Å². The van der Waals surface area contributed by atoms with Crippen LogP contribution in [0.5, 0.6) is 17.4 Å². The lowest BCUT2D eigenvalue weighted by Gasteiger charge is -2.13. The van der Waals surface area contributed by atoms with Gasteiger partial charge in [0.15, 0.2) is 0 Å². The maximum atomic E-state index is 12.4. The molecule has 0 bridgehead atoms. The van der Waals surface area contributed by atoms with Crippen LogP contribution in [0.3, 0.4) is 0 Å². The standard InChI is InChI=1S/C18H20N4O4S/c1-12(23)11-22-27(19,24)14-5-3-13(4-6-14)26-16-8-10-20-17-15(16)7-9-21-18(17)25-2/h3-10,12,23H,11H2,1-2H3,(H2,19,22,24)/t12-,27-/m1/s1. The van der Waals surface area contributed by atoms with Crippen LogP contribution in [0.2, 0.25) is 0 Å². The van der Waals surface area contributed by atoms with E-state index in [-0.39, 0.29) is 6.54 Å². The van der Waals surface area contributed by atoms with E-state index in [9.17, 15) is 9.32 Å². The van der Waals surface area contributed by atoms with Crippen LogP contribution in [0.4, 0.5) is 0 Å². The lowest BCUT2D eigenvalue weighted by molar-refractivity contribution is 0.199. The van der Waals surface area contributed by atoms with E-state index < -0.39 is 16.0 Å². The molecule has 1 aromatic carbocycles. The summed E-state index contributed by atoms with van der Waals surface area (Å²) in [6.07, 6.45) is 2.53. The molecule has 3 aromatic rings. The number of ether oxygens (including phenoxy) is 2. The molecule has 2 aromatic heterocycles. The van der Waals surface area contributed by atoms with Gasteiger partial charge in [0.1, 0.15) is 26.9 Å². The number of methoxy groups -OCH3 is 1. The highest BCUT2D eigenvalue weighted by molar-refractivity contribution is 7.90. The Hall–Kier alpha value is -2.75. The van der Waals surface area contributed by atoms with Gasteiger partial charge in [-0.15, -0.1) is 0 Å². The zero-order valence-corrected chi connectivity index (χ0v) is 15.7. The Morgan fingerprint density at radius 2 is 1.89 bits per heavy atom. The number of nitrogens with zero attached hydrogens (tertiary/aromatic N) is 2. The highest BCUT2D eigenvalue weighted by Crippen LogP contribution is 2.32. The van der Waals surface area contributed by atoms with Crippen LogP contribution in [-0.4, -0.2) is 39.0 Å². The van der Waals surface area contributed by atoms with E-state index in [1.54, 1.807) is 55.7 Å². The first-order valence-electron chi connectivity index (χ1n) is 8.18. The molecule has 142 valence electrons. The summed E-state index contributed by atoms with van der Waals surface area (Å²) in [5, 5.41) is 10.0. The number of benzene rings is 1. The van der Waals surface area contributed by atoms with Crippen LogP contribution in [0.15, 0.2) is 53.7 Å². The minimum atomic E-state index is -3.19. The van der Waals surface area contributed by atoms with Gasteiger partial charge >= 0.3 is 0 Å². The first kappa shape index (κ1) is 19.0. The number of fused-ring (bicyclic) bond motifs is 1. The van der Waals surface area contributed by atoms with Gasteiger partial charge in [-0.3, -0.25) is 4.98 Å². The fourth-order valence-corrected chi connectivity index (χ4v) is 3.58. The Balaban J connectivity index is 1.84. The van der Waals surface area contributed by atoms with Gasteiger partial charge in [0.05, 0.1) is 23.5 Å². The molecule has 0 aliphatic rings. The second-order valence-corrected chi connectivity index (χ2v) is 7.73. The van der Waals surface area contributed by atoms with Crippen LogP contribution < -0.4 is 14.2 Å². The SMILES string of the molecule is COc1nccc2c(Oc3ccc([S@](=N)(=O)NC[C@@H](C)O)cc3)ccnc12. The number of pyridine rings is 2. The van der Waals surface area contributed by atoms with Crippen LogP contribution in [0.25, 0.3) is 10.9 Å². The van der Waals surface area contributed by atoms with Gasteiger partial charge in [-0.25, -0.2) is 18.7 Å². The molecule has 2 heterocycles. The molecular weight excluding hydrogens is 368 g/mol. The second kappa shape index (κ2) is 7.87. The summed E-state index contributed by atoms with van der Waals surface area (Å²) in [5.41, 5.74) is 0.589. The fourth-order valence-electron chi connectivity index (χ4n) is 2.41. The largest absolute Gasteiger partial charge is 0.479 e. The normalized spacial score (nSPS) is 14.5. The molecule has 0 aliphatic heterocycles. The summed E-state index contributed by atoms with van der Waals surface area (Å²) in [6, 6.07) is 9.91. The van der Waals surface area contributed by atoms with Crippen molar-refractivity contribution in [2.75, 3.05) is 13.7 Å². The van der Waals surface area contributed by atoms with Crippen LogP contribution in [-0.2, 0) is 9.92 Å². The number of aliphatic hydroxyl groups is 1. The van der Waals surface area contributed by atoms with Gasteiger partial charge < -0.3 is 14.6 Å². The summed E-state index contributed by atoms with van der Waals surface area (Å²) < 4.78 is 34.0. The lowest BCUT2D eigenvalue weighted by atomic mass is 10.2. The number of hydrogen-bond acceptors (Lipinski definition) is 7. The van der Waals surface area contributed by atoms with E-state index in [0.717, 1.165) is 5.39 Å². The summed E-state index contributed by atoms with van der Waals surface area (Å²) in [5.74, 6) is 1.51. The van der Waals surface area contributed by atoms with Crippen molar-refractivity contribution in [1.29, 1.82) is 4.78 Å². The highest BCUT2D eigenvalue weighted by atomic mass is 32.2. The van der Waals surface area contributed by atoms with Crippen molar-refractivity contribution in [1.82, 2.24) is 14.7 Å². The van der Waals surface area contributed by atoms with Gasteiger partial charge in [0, 0.05) is 18.9 Å². The third kappa shape index (κ3) is 4.33. The minimum Gasteiger partial charge on any atom is -0.479 e. The van der Waals surface area contributed by atoms with Crippen molar-refractivity contribution in [2.45, 2.75) is 17.9 Å². The predicted molar refractivity (Wildman–Crippen MR) is 101 cm³/mol. The molecule has 0 saturated heterocycles. The van der Waals surface area contributed by atoms with Gasteiger partial charge in [-0.2, -0.15) is 0 Å². The summed E-state index contributed by atoms with van der Waals surface area (Å²) in [6.45, 7) is 1.63. The Bertz CT molecular complexity index is 1040. The van der Waals surface area contributed by atoms with E-state index in [1.807, 2.05) is 0 Å². The smallest absolute Gasteiger partial charge is 0.240 e. The Morgan fingerprint density at radius 1 is 1.19 bits per heavy atom. The molecule has 0 saturated carbocycles. The second-order valence-electron chi connectivity index (χ2n) is 5.85. The topological polar surface area (TPSA) is 117 Å². The van der Waals surface area contributed by atoms with E-state index in [1.165, 1.54) is 7.11 Å². The van der Waals surface area contributed by atoms with Crippen LogP contribution in [0, 0.1) is 4.78 Å². The van der Waals surface area contributed by atoms with E-state index in [2.05, 4.69) is 14.7 Å². The summed E-state index contributed by atoms with van der Waals surface area (Å²) in [4.78, 5) is 8.71. The highest BCUT2D eigenvalue weighted by Gasteiger charge is 2.12. The Labute approximate surface area is 157 Å². The predicted octanol–water partition coefficient (Wildman–Crippen LogP) is 2.72. The molecule has 8 nitrogen and oxygen atoms in total. The zero-order valence-electron chi connectivity index (χ0n) is 14.9. The average Bonchev–Trinajstić information content (AvgIpc) is 2.67. The summed E-state index contributed by atoms with van der Waals surface area (Å²) in [7, 11) is -1.66. The first-order chi connectivity index (χ1) is 12.9. The summed E-state index contributed by atoms with van der Waals surface area (Å²) >= 11 is 0. The molecule has 0 fully saturated rings. The fraction of sp³-hybridized carbons (Fsp3) is 0.222. The molecule has 9 heteroatoms. The third-order valence-electron chi connectivity index (χ3n) is 3.74. The maximum Gasteiger partial charge on any atom is 0.240 e. The monoisotopic (exact) mass is 388 g/mol. The number of rotatable bonds is 7. The average molecular weight is 388 g/mol. The Morgan fingerprint density at radius 3 is 2.56 bits per heavy atom. The van der Waals surface area contributed by atoms with E-state index >= 15 is 0 Å². The molecule has 0 radical (unpaired) electrons. The molecular formula is C18H20N4O4S. The number of hydrogen-bond donors (Lipinski definition) is 3. The van der Waals surface area contributed by atoms with Gasteiger partial charge in [-0.1, -0.05) is 0 Å². The van der Waals surface area contributed by atoms with Crippen molar-refractivity contribution in [3.8, 4) is 17.4 Å². The quantitative estimate of drug-likeness (QED) is 0.573. The molecule has 0 aliphatic carbocycles. The Kier molecular flexibility index (Phi) is 5.54. The van der Waals surface area contributed by atoms with E-state index in [0.29, 0.717) is 27.8 Å². The number of aliphatic hydroxyl groups excluding tert-OH is 1. The molecule has 27 heavy (non-hydrogen) atoms. The van der Waals surface area contributed by atoms with Crippen LogP contribution in [0.1, 0.15) is 6.92 Å². The minimum absolute atomic E-state index is 0.0689. The van der Waals surface area contributed by atoms with Gasteiger partial charge in [0.25, 0.3) is 0 Å². The lowest BCUT2D eigenvalue weighted by Crippen LogP contribution is -2.29. The number of nitrogens with one attached hydrogen (secondary N) is 2. The van der Waals surface area contributed by atoms with E-state index in [4.69, 9.17) is 14.3 Å². The zero-order chi connectivity index (χ0) is 19.4. The maximum absolute atomic E-state index is 12.4. The van der Waals surface area contributed by atoms with Gasteiger partial charge in [0.2, 0.25) is 5.88 Å². The van der Waals surface area contributed by atoms with Crippen molar-refractivity contribution in [3.63, 3.8) is 0 Å². The van der Waals surface area contributed by atoms with Crippen molar-refractivity contribution < 1.29 is 18.8 Å². The van der Waals surface area contributed by atoms with Crippen molar-refractivity contribution in [3.05, 3.63) is 48.8 Å². The molecule has 3 rings (SSSR count). The van der Waals surface area contributed by atoms with Crippen molar-refractivity contribution >= 4 is 20.8 Å². The first-order valence-corrected chi connectivity index (χ1v) is 9.73. The third-order valence-corrected chi connectivity index (χ3v) is 5.25. The van der Waals surface area contributed by atoms with Crippen LogP contribution >= 0.6 is 0 Å². The molecule has 0 unspecified atom stereocenters.